The Morgan fingerprint density at radius 2 is 1.97 bits per heavy atom. The monoisotopic (exact) mass is 482 g/mol. The van der Waals surface area contributed by atoms with Gasteiger partial charge < -0.3 is 10.1 Å². The summed E-state index contributed by atoms with van der Waals surface area (Å²) in [5, 5.41) is 16.8. The first kappa shape index (κ1) is 21.2. The lowest BCUT2D eigenvalue weighted by molar-refractivity contribution is -0.113. The fourth-order valence-electron chi connectivity index (χ4n) is 3.32. The van der Waals surface area contributed by atoms with Crippen LogP contribution in [0.4, 0.5) is 10.1 Å². The highest BCUT2D eigenvalue weighted by Crippen LogP contribution is 2.28. The van der Waals surface area contributed by atoms with Gasteiger partial charge in [-0.3, -0.25) is 9.20 Å². The van der Waals surface area contributed by atoms with Gasteiger partial charge in [-0.1, -0.05) is 23.4 Å². The number of amides is 1. The van der Waals surface area contributed by atoms with Crippen LogP contribution in [0.15, 0.2) is 66.1 Å². The zero-order valence-corrected chi connectivity index (χ0v) is 18.8. The van der Waals surface area contributed by atoms with Crippen molar-refractivity contribution in [2.24, 2.45) is 0 Å². The van der Waals surface area contributed by atoms with Crippen molar-refractivity contribution in [1.29, 1.82) is 0 Å². The zero-order chi connectivity index (χ0) is 22.9. The maximum atomic E-state index is 13.2. The van der Waals surface area contributed by atoms with Crippen LogP contribution in [0.2, 0.25) is 5.02 Å². The summed E-state index contributed by atoms with van der Waals surface area (Å²) in [5.41, 5.74) is 3.41. The molecular weight excluding hydrogens is 467 g/mol. The van der Waals surface area contributed by atoms with E-state index in [0.717, 1.165) is 11.1 Å². The molecule has 0 unspecified atom stereocenters. The summed E-state index contributed by atoms with van der Waals surface area (Å²) in [5.74, 6) is 0.160. The van der Waals surface area contributed by atoms with Crippen LogP contribution < -0.4 is 10.1 Å². The third-order valence-electron chi connectivity index (χ3n) is 4.89. The van der Waals surface area contributed by atoms with Gasteiger partial charge in [0.25, 0.3) is 0 Å². The molecule has 8 nitrogen and oxygen atoms in total. The molecular formula is C22H16ClFN6O2S. The van der Waals surface area contributed by atoms with Crippen LogP contribution in [0.1, 0.15) is 0 Å². The number of hydrogen-bond donors (Lipinski definition) is 1. The summed E-state index contributed by atoms with van der Waals surface area (Å²) < 4.78 is 21.8. The number of aromatic nitrogens is 5. The molecule has 5 aromatic rings. The zero-order valence-electron chi connectivity index (χ0n) is 17.2. The molecule has 0 aliphatic rings. The second kappa shape index (κ2) is 8.72. The van der Waals surface area contributed by atoms with Crippen LogP contribution in [-0.4, -0.2) is 43.0 Å². The maximum absolute atomic E-state index is 13.2. The minimum Gasteiger partial charge on any atom is -0.495 e. The van der Waals surface area contributed by atoms with Crippen LogP contribution in [0.25, 0.3) is 22.4 Å². The molecule has 11 heteroatoms. The van der Waals surface area contributed by atoms with Crippen LogP contribution in [0.3, 0.4) is 0 Å². The number of nitrogens with zero attached hydrogens (tertiary/aromatic N) is 5. The molecule has 1 amide bonds. The van der Waals surface area contributed by atoms with Crippen LogP contribution in [0.5, 0.6) is 5.75 Å². The van der Waals surface area contributed by atoms with Gasteiger partial charge in [-0.05, 0) is 48.5 Å². The van der Waals surface area contributed by atoms with Gasteiger partial charge in [-0.25, -0.2) is 8.91 Å². The van der Waals surface area contributed by atoms with Gasteiger partial charge >= 0.3 is 0 Å². The van der Waals surface area contributed by atoms with Crippen molar-refractivity contribution >= 4 is 46.1 Å². The number of hydrogen-bond acceptors (Lipinski definition) is 6. The molecule has 0 bridgehead atoms. The van der Waals surface area contributed by atoms with Crippen molar-refractivity contribution in [2.45, 2.75) is 5.16 Å². The summed E-state index contributed by atoms with van der Waals surface area (Å²) in [6.45, 7) is 0. The average Bonchev–Trinajstić information content (AvgIpc) is 3.42. The Hall–Kier alpha value is -3.63. The summed E-state index contributed by atoms with van der Waals surface area (Å²) in [7, 11) is 1.53. The number of nitrogens with one attached hydrogen (secondary N) is 1. The molecule has 1 N–H and O–H groups in total. The van der Waals surface area contributed by atoms with Crippen molar-refractivity contribution < 1.29 is 13.9 Å². The number of carbonyl (C=O) groups excluding carboxylic acids is 1. The van der Waals surface area contributed by atoms with E-state index in [1.165, 1.54) is 31.0 Å². The van der Waals surface area contributed by atoms with E-state index in [4.69, 9.17) is 16.3 Å². The van der Waals surface area contributed by atoms with Crippen molar-refractivity contribution in [3.05, 3.63) is 71.8 Å². The smallest absolute Gasteiger partial charge is 0.234 e. The summed E-state index contributed by atoms with van der Waals surface area (Å²) in [6, 6.07) is 13.0. The van der Waals surface area contributed by atoms with Crippen LogP contribution >= 0.6 is 23.4 Å². The van der Waals surface area contributed by atoms with E-state index < -0.39 is 0 Å². The highest BCUT2D eigenvalue weighted by molar-refractivity contribution is 7.99. The standard InChI is InChI=1S/C22H16ClFN6O2S/c1-32-19-7-6-15(10-16(19)23)25-20(31)12-33-22-27-26-21-18-11-17(13-2-4-14(24)5-3-13)28-30(18)9-8-29(21)22/h2-11H,12H2,1H3,(H,25,31). The number of carbonyl (C=O) groups is 1. The lowest BCUT2D eigenvalue weighted by Gasteiger charge is -2.07. The van der Waals surface area contributed by atoms with Crippen molar-refractivity contribution in [1.82, 2.24) is 24.2 Å². The predicted octanol–water partition coefficient (Wildman–Crippen LogP) is 4.58. The molecule has 0 atom stereocenters. The molecule has 0 radical (unpaired) electrons. The Labute approximate surface area is 196 Å². The van der Waals surface area contributed by atoms with Crippen LogP contribution in [-0.2, 0) is 4.79 Å². The number of anilines is 1. The highest BCUT2D eigenvalue weighted by Gasteiger charge is 2.14. The van der Waals surface area contributed by atoms with E-state index in [0.29, 0.717) is 33.0 Å². The van der Waals surface area contributed by atoms with Crippen LogP contribution in [0, 0.1) is 5.82 Å². The first-order valence-corrected chi connectivity index (χ1v) is 11.1. The molecule has 5 rings (SSSR count). The fourth-order valence-corrected chi connectivity index (χ4v) is 4.30. The number of halogens is 2. The highest BCUT2D eigenvalue weighted by atomic mass is 35.5. The van der Waals surface area contributed by atoms with Gasteiger partial charge in [0.2, 0.25) is 5.91 Å². The second-order valence-corrected chi connectivity index (χ2v) is 8.38. The topological polar surface area (TPSA) is 85.8 Å². The first-order chi connectivity index (χ1) is 16.0. The summed E-state index contributed by atoms with van der Waals surface area (Å²) in [4.78, 5) is 12.4. The molecule has 0 saturated carbocycles. The third-order valence-corrected chi connectivity index (χ3v) is 6.13. The number of ether oxygens (including phenoxy) is 1. The molecule has 2 aromatic carbocycles. The molecule has 3 heterocycles. The molecule has 0 spiro atoms. The van der Waals surface area contributed by atoms with Gasteiger partial charge in [0.15, 0.2) is 10.8 Å². The normalized spacial score (nSPS) is 11.2. The third kappa shape index (κ3) is 4.22. The molecule has 0 aliphatic carbocycles. The molecule has 33 heavy (non-hydrogen) atoms. The quantitative estimate of drug-likeness (QED) is 0.357. The Morgan fingerprint density at radius 1 is 1.15 bits per heavy atom. The molecule has 0 aliphatic heterocycles. The largest absolute Gasteiger partial charge is 0.495 e. The Balaban J connectivity index is 1.33. The molecule has 0 saturated heterocycles. The number of rotatable bonds is 6. The van der Waals surface area contributed by atoms with Crippen molar-refractivity contribution in [3.63, 3.8) is 0 Å². The second-order valence-electron chi connectivity index (χ2n) is 7.03. The maximum Gasteiger partial charge on any atom is 0.234 e. The van der Waals surface area contributed by atoms with Gasteiger partial charge in [-0.2, -0.15) is 5.10 Å². The summed E-state index contributed by atoms with van der Waals surface area (Å²) in [6.07, 6.45) is 3.56. The van der Waals surface area contributed by atoms with Gasteiger partial charge in [0, 0.05) is 23.6 Å². The predicted molar refractivity (Wildman–Crippen MR) is 124 cm³/mol. The van der Waals surface area contributed by atoms with E-state index in [-0.39, 0.29) is 17.5 Å². The number of fused-ring (bicyclic) bond motifs is 3. The first-order valence-electron chi connectivity index (χ1n) is 9.77. The van der Waals surface area contributed by atoms with Crippen molar-refractivity contribution in [3.8, 4) is 17.0 Å². The Morgan fingerprint density at radius 3 is 2.73 bits per heavy atom. The van der Waals surface area contributed by atoms with E-state index >= 15 is 0 Å². The summed E-state index contributed by atoms with van der Waals surface area (Å²) >= 11 is 7.36. The fraction of sp³-hybridized carbons (Fsp3) is 0.0909. The number of thioether (sulfide) groups is 1. The van der Waals surface area contributed by atoms with E-state index in [1.807, 2.05) is 6.07 Å². The average molecular weight is 483 g/mol. The SMILES string of the molecule is COc1ccc(NC(=O)CSc2nnc3c4cc(-c5ccc(F)cc5)nn4ccn23)cc1Cl. The minimum absolute atomic E-state index is 0.135. The number of benzene rings is 2. The van der Waals surface area contributed by atoms with E-state index in [9.17, 15) is 9.18 Å². The lowest BCUT2D eigenvalue weighted by Crippen LogP contribution is -2.14. The van der Waals surface area contributed by atoms with Gasteiger partial charge in [-0.15, -0.1) is 10.2 Å². The Bertz CT molecular complexity index is 1480. The Kier molecular flexibility index (Phi) is 5.61. The molecule has 0 fully saturated rings. The van der Waals surface area contributed by atoms with Gasteiger partial charge in [0.05, 0.1) is 23.6 Å². The van der Waals surface area contributed by atoms with E-state index in [2.05, 4.69) is 20.6 Å². The molecule has 166 valence electrons. The van der Waals surface area contributed by atoms with Gasteiger partial charge in [0.1, 0.15) is 17.1 Å². The van der Waals surface area contributed by atoms with Crippen molar-refractivity contribution in [2.75, 3.05) is 18.2 Å². The lowest BCUT2D eigenvalue weighted by atomic mass is 10.1. The molecule has 3 aromatic heterocycles. The minimum atomic E-state index is -0.303. The van der Waals surface area contributed by atoms with E-state index in [1.54, 1.807) is 51.6 Å². The number of methoxy groups -OCH3 is 1.